The Morgan fingerprint density at radius 2 is 2.00 bits per heavy atom. The van der Waals surface area contributed by atoms with Crippen molar-refractivity contribution in [3.05, 3.63) is 52.1 Å². The summed E-state index contributed by atoms with van der Waals surface area (Å²) in [6, 6.07) is 7.05. The molecule has 0 atom stereocenters. The second-order valence-corrected chi connectivity index (χ2v) is 5.64. The van der Waals surface area contributed by atoms with Crippen LogP contribution in [0.25, 0.3) is 0 Å². The van der Waals surface area contributed by atoms with E-state index in [1.54, 1.807) is 0 Å². The topological polar surface area (TPSA) is 80.9 Å². The minimum absolute atomic E-state index is 0.241. The summed E-state index contributed by atoms with van der Waals surface area (Å²) in [5.41, 5.74) is 0.207. The van der Waals surface area contributed by atoms with E-state index in [4.69, 9.17) is 13.9 Å². The maximum Gasteiger partial charge on any atom is 0.231 e. The van der Waals surface area contributed by atoms with E-state index in [0.717, 1.165) is 23.3 Å². The van der Waals surface area contributed by atoms with E-state index in [2.05, 4.69) is 5.32 Å². The fourth-order valence-corrected chi connectivity index (χ4v) is 2.23. The van der Waals surface area contributed by atoms with E-state index in [9.17, 15) is 9.90 Å². The molecule has 0 radical (unpaired) electrons. The van der Waals surface area contributed by atoms with Crippen LogP contribution in [-0.2, 0) is 12.1 Å². The van der Waals surface area contributed by atoms with Crippen LogP contribution < -0.4 is 20.2 Å². The predicted octanol–water partition coefficient (Wildman–Crippen LogP) is 2.10. The molecule has 1 aromatic heterocycles. The van der Waals surface area contributed by atoms with Crippen LogP contribution in [0.3, 0.4) is 0 Å². The highest BCUT2D eigenvalue weighted by Gasteiger charge is 2.23. The fraction of sp³-hybridized carbons (Fsp3) is 0.312. The van der Waals surface area contributed by atoms with Crippen LogP contribution >= 0.6 is 0 Å². The van der Waals surface area contributed by atoms with Crippen LogP contribution in [0, 0.1) is 0 Å². The van der Waals surface area contributed by atoms with Gasteiger partial charge >= 0.3 is 0 Å². The molecule has 6 heteroatoms. The SMILES string of the molecule is CC(C)(NCc1cc(=O)c(O)co1)c1ccc2c(c1)OCO2. The lowest BCUT2D eigenvalue weighted by Crippen LogP contribution is -2.36. The van der Waals surface area contributed by atoms with Gasteiger partial charge in [-0.2, -0.15) is 0 Å². The molecule has 0 aliphatic carbocycles. The summed E-state index contributed by atoms with van der Waals surface area (Å²) >= 11 is 0. The normalized spacial score (nSPS) is 13.4. The number of ether oxygens (including phenoxy) is 2. The average molecular weight is 303 g/mol. The van der Waals surface area contributed by atoms with E-state index >= 15 is 0 Å². The summed E-state index contributed by atoms with van der Waals surface area (Å²) in [4.78, 5) is 11.4. The zero-order valence-electron chi connectivity index (χ0n) is 12.4. The molecule has 2 aromatic rings. The maximum atomic E-state index is 11.4. The molecule has 0 fully saturated rings. The fourth-order valence-electron chi connectivity index (χ4n) is 2.23. The van der Waals surface area contributed by atoms with Crippen molar-refractivity contribution in [1.29, 1.82) is 0 Å². The summed E-state index contributed by atoms with van der Waals surface area (Å²) in [7, 11) is 0. The minimum Gasteiger partial charge on any atom is -0.502 e. The molecule has 0 spiro atoms. The van der Waals surface area contributed by atoms with Gasteiger partial charge in [-0.3, -0.25) is 4.79 Å². The van der Waals surface area contributed by atoms with Gasteiger partial charge in [-0.05, 0) is 31.5 Å². The van der Waals surface area contributed by atoms with Crippen molar-refractivity contribution in [3.63, 3.8) is 0 Å². The monoisotopic (exact) mass is 303 g/mol. The smallest absolute Gasteiger partial charge is 0.231 e. The Bertz CT molecular complexity index is 750. The summed E-state index contributed by atoms with van der Waals surface area (Å²) in [6.45, 7) is 4.63. The lowest BCUT2D eigenvalue weighted by molar-refractivity contribution is 0.174. The summed E-state index contributed by atoms with van der Waals surface area (Å²) in [5.74, 6) is 1.53. The molecule has 1 aromatic carbocycles. The maximum absolute atomic E-state index is 11.4. The van der Waals surface area contributed by atoms with Gasteiger partial charge in [-0.25, -0.2) is 0 Å². The van der Waals surface area contributed by atoms with E-state index in [1.165, 1.54) is 6.07 Å². The van der Waals surface area contributed by atoms with Gasteiger partial charge in [0.25, 0.3) is 0 Å². The second-order valence-electron chi connectivity index (χ2n) is 5.64. The summed E-state index contributed by atoms with van der Waals surface area (Å²) in [6.07, 6.45) is 1.05. The molecule has 0 saturated carbocycles. The number of hydrogen-bond donors (Lipinski definition) is 2. The highest BCUT2D eigenvalue weighted by atomic mass is 16.7. The second kappa shape index (κ2) is 5.38. The average Bonchev–Trinajstić information content (AvgIpc) is 2.96. The number of nitrogens with one attached hydrogen (secondary N) is 1. The van der Waals surface area contributed by atoms with Crippen molar-refractivity contribution in [1.82, 2.24) is 5.32 Å². The van der Waals surface area contributed by atoms with E-state index < -0.39 is 11.2 Å². The highest BCUT2D eigenvalue weighted by Crippen LogP contribution is 2.35. The van der Waals surface area contributed by atoms with Crippen molar-refractivity contribution in [2.45, 2.75) is 25.9 Å². The Labute approximate surface area is 127 Å². The molecular weight excluding hydrogens is 286 g/mol. The Kier molecular flexibility index (Phi) is 3.54. The number of aromatic hydroxyl groups is 1. The third-order valence-corrected chi connectivity index (χ3v) is 3.67. The van der Waals surface area contributed by atoms with Gasteiger partial charge < -0.3 is 24.3 Å². The predicted molar refractivity (Wildman–Crippen MR) is 79.1 cm³/mol. The molecule has 0 unspecified atom stereocenters. The minimum atomic E-state index is -0.455. The molecule has 2 N–H and O–H groups in total. The van der Waals surface area contributed by atoms with Gasteiger partial charge in [-0.15, -0.1) is 0 Å². The first kappa shape index (κ1) is 14.5. The van der Waals surface area contributed by atoms with Gasteiger partial charge in [0.15, 0.2) is 17.2 Å². The molecule has 0 bridgehead atoms. The Morgan fingerprint density at radius 3 is 2.77 bits per heavy atom. The molecule has 116 valence electrons. The Hall–Kier alpha value is -2.47. The Morgan fingerprint density at radius 1 is 1.23 bits per heavy atom. The molecule has 0 amide bonds. The molecule has 1 aliphatic rings. The van der Waals surface area contributed by atoms with E-state index in [0.29, 0.717) is 12.3 Å². The third-order valence-electron chi connectivity index (χ3n) is 3.67. The van der Waals surface area contributed by atoms with Crippen LogP contribution in [0.15, 0.2) is 39.7 Å². The van der Waals surface area contributed by atoms with Gasteiger partial charge in [0.2, 0.25) is 12.2 Å². The largest absolute Gasteiger partial charge is 0.502 e. The van der Waals surface area contributed by atoms with E-state index in [1.807, 2.05) is 32.0 Å². The van der Waals surface area contributed by atoms with Crippen molar-refractivity contribution < 1.29 is 19.0 Å². The first-order valence-corrected chi connectivity index (χ1v) is 6.91. The van der Waals surface area contributed by atoms with Gasteiger partial charge in [0.05, 0.1) is 6.54 Å². The van der Waals surface area contributed by atoms with Gasteiger partial charge in [0, 0.05) is 11.6 Å². The molecule has 6 nitrogen and oxygen atoms in total. The van der Waals surface area contributed by atoms with E-state index in [-0.39, 0.29) is 12.3 Å². The van der Waals surface area contributed by atoms with Crippen LogP contribution in [0.5, 0.6) is 17.2 Å². The van der Waals surface area contributed by atoms with Crippen LogP contribution in [0.1, 0.15) is 25.2 Å². The van der Waals surface area contributed by atoms with Crippen molar-refractivity contribution >= 4 is 0 Å². The standard InChI is InChI=1S/C16H17NO5/c1-16(2,10-3-4-14-15(5-10)22-9-21-14)17-7-11-6-12(18)13(19)8-20-11/h3-6,8,17,19H,7,9H2,1-2H3. The molecule has 2 heterocycles. The highest BCUT2D eigenvalue weighted by molar-refractivity contribution is 5.46. The van der Waals surface area contributed by atoms with Crippen LogP contribution in [0.2, 0.25) is 0 Å². The lowest BCUT2D eigenvalue weighted by atomic mass is 9.94. The van der Waals surface area contributed by atoms with Crippen LogP contribution in [0.4, 0.5) is 0 Å². The zero-order valence-corrected chi connectivity index (χ0v) is 12.4. The number of fused-ring (bicyclic) bond motifs is 1. The molecule has 3 rings (SSSR count). The van der Waals surface area contributed by atoms with Crippen LogP contribution in [-0.4, -0.2) is 11.9 Å². The first-order valence-electron chi connectivity index (χ1n) is 6.91. The number of benzene rings is 1. The number of hydrogen-bond acceptors (Lipinski definition) is 6. The summed E-state index contributed by atoms with van der Waals surface area (Å²) < 4.78 is 15.9. The molecule has 22 heavy (non-hydrogen) atoms. The summed E-state index contributed by atoms with van der Waals surface area (Å²) in [5, 5.41) is 12.5. The van der Waals surface area contributed by atoms with Crippen molar-refractivity contribution in [2.24, 2.45) is 0 Å². The Balaban J connectivity index is 1.75. The van der Waals surface area contributed by atoms with Crippen molar-refractivity contribution in [2.75, 3.05) is 6.79 Å². The van der Waals surface area contributed by atoms with Gasteiger partial charge in [-0.1, -0.05) is 6.07 Å². The van der Waals surface area contributed by atoms with Crippen molar-refractivity contribution in [3.8, 4) is 17.2 Å². The molecular formula is C16H17NO5. The first-order chi connectivity index (χ1) is 10.5. The quantitative estimate of drug-likeness (QED) is 0.900. The zero-order chi connectivity index (χ0) is 15.7. The molecule has 1 aliphatic heterocycles. The lowest BCUT2D eigenvalue weighted by Gasteiger charge is -2.27. The van der Waals surface area contributed by atoms with Gasteiger partial charge in [0.1, 0.15) is 12.0 Å². The third kappa shape index (κ3) is 2.78. The number of rotatable bonds is 4. The molecule has 0 saturated heterocycles.